The summed E-state index contributed by atoms with van der Waals surface area (Å²) in [6.07, 6.45) is 2.69. The molecule has 0 fully saturated rings. The van der Waals surface area contributed by atoms with E-state index in [0.717, 1.165) is 24.5 Å². The van der Waals surface area contributed by atoms with Crippen molar-refractivity contribution < 1.29 is 9.15 Å². The third kappa shape index (κ3) is 2.73. The molecule has 1 N–H and O–H groups in total. The van der Waals surface area contributed by atoms with Crippen LogP contribution in [-0.4, -0.2) is 5.60 Å². The van der Waals surface area contributed by atoms with Gasteiger partial charge in [0.05, 0.1) is 12.3 Å². The first-order chi connectivity index (χ1) is 9.53. The lowest BCUT2D eigenvalue weighted by atomic mass is 10.00. The summed E-state index contributed by atoms with van der Waals surface area (Å²) in [4.78, 5) is 0. The summed E-state index contributed by atoms with van der Waals surface area (Å²) in [6, 6.07) is 10.6. The second-order valence-electron chi connectivity index (χ2n) is 6.10. The molecular formula is C17H21NO2. The minimum atomic E-state index is -0.0736. The summed E-state index contributed by atoms with van der Waals surface area (Å²) in [5.41, 5.74) is 2.51. The van der Waals surface area contributed by atoms with Crippen LogP contribution in [0, 0.1) is 0 Å². The van der Waals surface area contributed by atoms with E-state index < -0.39 is 0 Å². The Balaban J connectivity index is 1.65. The van der Waals surface area contributed by atoms with E-state index in [4.69, 9.17) is 9.15 Å². The summed E-state index contributed by atoms with van der Waals surface area (Å²) < 4.78 is 11.3. The van der Waals surface area contributed by atoms with Gasteiger partial charge in [0.2, 0.25) is 0 Å². The second kappa shape index (κ2) is 4.98. The molecule has 0 aliphatic carbocycles. The quantitative estimate of drug-likeness (QED) is 0.917. The third-order valence-corrected chi connectivity index (χ3v) is 3.71. The number of ether oxygens (including phenoxy) is 1. The van der Waals surface area contributed by atoms with E-state index in [1.54, 1.807) is 6.26 Å². The van der Waals surface area contributed by atoms with Crippen LogP contribution in [0.3, 0.4) is 0 Å². The van der Waals surface area contributed by atoms with Crippen molar-refractivity contribution in [1.29, 1.82) is 0 Å². The van der Waals surface area contributed by atoms with Crippen LogP contribution in [0.15, 0.2) is 41.0 Å². The molecule has 3 heteroatoms. The van der Waals surface area contributed by atoms with Crippen molar-refractivity contribution in [3.05, 3.63) is 53.5 Å². The average molecular weight is 271 g/mol. The molecule has 1 aliphatic rings. The van der Waals surface area contributed by atoms with Gasteiger partial charge in [0.25, 0.3) is 0 Å². The van der Waals surface area contributed by atoms with Gasteiger partial charge < -0.3 is 14.5 Å². The van der Waals surface area contributed by atoms with Gasteiger partial charge in [-0.25, -0.2) is 0 Å². The minimum absolute atomic E-state index is 0.0736. The van der Waals surface area contributed by atoms with Crippen molar-refractivity contribution in [2.45, 2.75) is 45.4 Å². The Bertz CT molecular complexity index is 587. The summed E-state index contributed by atoms with van der Waals surface area (Å²) in [6.45, 7) is 7.20. The fourth-order valence-corrected chi connectivity index (χ4v) is 2.68. The Labute approximate surface area is 119 Å². The van der Waals surface area contributed by atoms with Gasteiger partial charge in [0.15, 0.2) is 0 Å². The highest BCUT2D eigenvalue weighted by Gasteiger charge is 2.29. The molecule has 2 aromatic rings. The standard InChI is InChI=1S/C17H21NO2/c1-12(15-5-4-8-19-15)18-11-13-6-7-16-14(9-13)10-17(2,3)20-16/h4-9,12,18H,10-11H2,1-3H3/t12-/m0/s1. The van der Waals surface area contributed by atoms with Gasteiger partial charge in [-0.2, -0.15) is 0 Å². The van der Waals surface area contributed by atoms with Crippen LogP contribution in [-0.2, 0) is 13.0 Å². The Morgan fingerprint density at radius 2 is 2.15 bits per heavy atom. The fraction of sp³-hybridized carbons (Fsp3) is 0.412. The topological polar surface area (TPSA) is 34.4 Å². The second-order valence-corrected chi connectivity index (χ2v) is 6.10. The van der Waals surface area contributed by atoms with Crippen molar-refractivity contribution in [2.75, 3.05) is 0 Å². The molecule has 0 unspecified atom stereocenters. The first-order valence-electron chi connectivity index (χ1n) is 7.11. The van der Waals surface area contributed by atoms with Crippen LogP contribution in [0.4, 0.5) is 0 Å². The summed E-state index contributed by atoms with van der Waals surface area (Å²) in [5, 5.41) is 3.48. The lowest BCUT2D eigenvalue weighted by molar-refractivity contribution is 0.138. The highest BCUT2D eigenvalue weighted by Crippen LogP contribution is 2.35. The SMILES string of the molecule is C[C@H](NCc1ccc2c(c1)CC(C)(C)O2)c1ccco1. The number of fused-ring (bicyclic) bond motifs is 1. The first kappa shape index (κ1) is 13.3. The van der Waals surface area contributed by atoms with E-state index >= 15 is 0 Å². The van der Waals surface area contributed by atoms with Gasteiger partial charge in [-0.15, -0.1) is 0 Å². The van der Waals surface area contributed by atoms with Crippen molar-refractivity contribution in [2.24, 2.45) is 0 Å². The number of benzene rings is 1. The molecule has 0 bridgehead atoms. The predicted octanol–water partition coefficient (Wildman–Crippen LogP) is 3.84. The summed E-state index contributed by atoms with van der Waals surface area (Å²) in [5.74, 6) is 1.99. The van der Waals surface area contributed by atoms with Crippen molar-refractivity contribution in [3.8, 4) is 5.75 Å². The van der Waals surface area contributed by atoms with Gasteiger partial charge in [0, 0.05) is 13.0 Å². The Hall–Kier alpha value is -1.74. The number of rotatable bonds is 4. The molecule has 3 nitrogen and oxygen atoms in total. The molecule has 3 rings (SSSR count). The highest BCUT2D eigenvalue weighted by atomic mass is 16.5. The molecule has 0 spiro atoms. The maximum atomic E-state index is 5.90. The Kier molecular flexibility index (Phi) is 3.30. The maximum absolute atomic E-state index is 5.90. The van der Waals surface area contributed by atoms with Crippen molar-refractivity contribution in [1.82, 2.24) is 5.32 Å². The van der Waals surface area contributed by atoms with Crippen molar-refractivity contribution in [3.63, 3.8) is 0 Å². The van der Waals surface area contributed by atoms with Gasteiger partial charge in [-0.3, -0.25) is 0 Å². The number of nitrogens with one attached hydrogen (secondary N) is 1. The molecule has 106 valence electrons. The zero-order valence-corrected chi connectivity index (χ0v) is 12.3. The minimum Gasteiger partial charge on any atom is -0.487 e. The zero-order chi connectivity index (χ0) is 14.2. The van der Waals surface area contributed by atoms with Gasteiger partial charge in [-0.1, -0.05) is 12.1 Å². The van der Waals surface area contributed by atoms with Crippen LogP contribution in [0.25, 0.3) is 0 Å². The highest BCUT2D eigenvalue weighted by molar-refractivity contribution is 5.41. The van der Waals surface area contributed by atoms with E-state index in [-0.39, 0.29) is 11.6 Å². The molecule has 0 amide bonds. The molecule has 2 heterocycles. The van der Waals surface area contributed by atoms with Crippen molar-refractivity contribution >= 4 is 0 Å². The Morgan fingerprint density at radius 1 is 1.30 bits per heavy atom. The van der Waals surface area contributed by atoms with E-state index in [1.807, 2.05) is 12.1 Å². The van der Waals surface area contributed by atoms with E-state index in [2.05, 4.69) is 44.3 Å². The fourth-order valence-electron chi connectivity index (χ4n) is 2.68. The first-order valence-corrected chi connectivity index (χ1v) is 7.11. The normalized spacial score (nSPS) is 17.6. The van der Waals surface area contributed by atoms with Crippen LogP contribution < -0.4 is 10.1 Å². The van der Waals surface area contributed by atoms with Gasteiger partial charge in [-0.05, 0) is 50.1 Å². The molecule has 0 saturated heterocycles. The third-order valence-electron chi connectivity index (χ3n) is 3.71. The number of furan rings is 1. The average Bonchev–Trinajstić information content (AvgIpc) is 3.00. The summed E-state index contributed by atoms with van der Waals surface area (Å²) >= 11 is 0. The molecule has 1 aromatic heterocycles. The van der Waals surface area contributed by atoms with E-state index in [1.165, 1.54) is 11.1 Å². The van der Waals surface area contributed by atoms with E-state index in [0.29, 0.717) is 0 Å². The van der Waals surface area contributed by atoms with E-state index in [9.17, 15) is 0 Å². The largest absolute Gasteiger partial charge is 0.487 e. The number of hydrogen-bond donors (Lipinski definition) is 1. The summed E-state index contributed by atoms with van der Waals surface area (Å²) in [7, 11) is 0. The van der Waals surface area contributed by atoms with Crippen LogP contribution in [0.1, 0.15) is 43.7 Å². The predicted molar refractivity (Wildman–Crippen MR) is 78.8 cm³/mol. The van der Waals surface area contributed by atoms with Gasteiger partial charge in [0.1, 0.15) is 17.1 Å². The monoisotopic (exact) mass is 271 g/mol. The molecular weight excluding hydrogens is 250 g/mol. The smallest absolute Gasteiger partial charge is 0.123 e. The lowest BCUT2D eigenvalue weighted by Crippen LogP contribution is -2.24. The Morgan fingerprint density at radius 3 is 2.90 bits per heavy atom. The zero-order valence-electron chi connectivity index (χ0n) is 12.3. The number of hydrogen-bond acceptors (Lipinski definition) is 3. The van der Waals surface area contributed by atoms with Crippen LogP contribution >= 0.6 is 0 Å². The molecule has 0 radical (unpaired) electrons. The van der Waals surface area contributed by atoms with Gasteiger partial charge >= 0.3 is 0 Å². The molecule has 1 aromatic carbocycles. The molecule has 1 aliphatic heterocycles. The molecule has 0 saturated carbocycles. The molecule has 20 heavy (non-hydrogen) atoms. The van der Waals surface area contributed by atoms with Crippen LogP contribution in [0.5, 0.6) is 5.75 Å². The lowest BCUT2D eigenvalue weighted by Gasteiger charge is -2.16. The van der Waals surface area contributed by atoms with Crippen LogP contribution in [0.2, 0.25) is 0 Å². The molecule has 1 atom stereocenters. The maximum Gasteiger partial charge on any atom is 0.123 e.